The van der Waals surface area contributed by atoms with Crippen molar-refractivity contribution in [2.45, 2.75) is 83.5 Å². The number of thiophene rings is 2. The number of hydrogen-bond acceptors (Lipinski definition) is 4. The molecule has 1 aliphatic rings. The summed E-state index contributed by atoms with van der Waals surface area (Å²) in [4.78, 5) is 0.618. The van der Waals surface area contributed by atoms with E-state index < -0.39 is 74.2 Å². The first-order valence-corrected chi connectivity index (χ1v) is 16.9. The van der Waals surface area contributed by atoms with Crippen LogP contribution in [0.2, 0.25) is 0 Å². The van der Waals surface area contributed by atoms with E-state index in [-0.39, 0.29) is 9.75 Å². The zero-order chi connectivity index (χ0) is 34.2. The number of nitrogens with zero attached hydrogens (tertiary/aromatic N) is 2. The molecule has 2 heterocycles. The summed E-state index contributed by atoms with van der Waals surface area (Å²) in [5, 5.41) is 18.1. The summed E-state index contributed by atoms with van der Waals surface area (Å²) in [5.41, 5.74) is -4.29. The van der Waals surface area contributed by atoms with Crippen LogP contribution in [-0.2, 0) is 5.41 Å². The van der Waals surface area contributed by atoms with Crippen molar-refractivity contribution in [3.63, 3.8) is 0 Å². The van der Waals surface area contributed by atoms with Crippen molar-refractivity contribution in [3.8, 4) is 42.8 Å². The van der Waals surface area contributed by atoms with Crippen LogP contribution >= 0.6 is 22.7 Å². The molecule has 12 heteroatoms. The molecule has 0 bridgehead atoms. The lowest BCUT2D eigenvalue weighted by atomic mass is 9.71. The van der Waals surface area contributed by atoms with Gasteiger partial charge in [0.05, 0.1) is 11.1 Å². The second-order valence-electron chi connectivity index (χ2n) is 11.6. The molecule has 0 fully saturated rings. The van der Waals surface area contributed by atoms with E-state index in [4.69, 9.17) is 10.5 Å². The van der Waals surface area contributed by atoms with Gasteiger partial charge >= 0.3 is 0 Å². The molecule has 2 aromatic carbocycles. The van der Waals surface area contributed by atoms with Crippen LogP contribution in [0.1, 0.15) is 100 Å². The third kappa shape index (κ3) is 5.63. The number of hydrogen-bond donors (Lipinski definition) is 0. The molecule has 0 spiro atoms. The van der Waals surface area contributed by atoms with Crippen LogP contribution in [0.25, 0.3) is 30.6 Å². The molecule has 47 heavy (non-hydrogen) atoms. The van der Waals surface area contributed by atoms with Gasteiger partial charge in [-0.3, -0.25) is 0 Å². The van der Waals surface area contributed by atoms with Gasteiger partial charge in [0.15, 0.2) is 46.5 Å². The molecule has 0 amide bonds. The quantitative estimate of drug-likeness (QED) is 0.0843. The predicted octanol–water partition coefficient (Wildman–Crippen LogP) is 12.2. The SMILES string of the molecule is CCCCCCC1(CCCCCC)c2cc(-c3c(F)c(F)c(C#N)c(F)c3F)sc2-c2sc(-c3c(F)c(F)c(C#N)c(F)c3F)cc21. The summed E-state index contributed by atoms with van der Waals surface area (Å²) in [6, 6.07) is 5.26. The highest BCUT2D eigenvalue weighted by atomic mass is 32.1. The molecule has 0 aliphatic heterocycles. The first-order chi connectivity index (χ1) is 22.5. The van der Waals surface area contributed by atoms with Gasteiger partial charge in [-0.2, -0.15) is 10.5 Å². The highest BCUT2D eigenvalue weighted by molar-refractivity contribution is 7.25. The summed E-state index contributed by atoms with van der Waals surface area (Å²) in [6.07, 6.45) is 7.88. The monoisotopic (exact) mass is 692 g/mol. The van der Waals surface area contributed by atoms with E-state index in [2.05, 4.69) is 0 Å². The van der Waals surface area contributed by atoms with Crippen molar-refractivity contribution in [2.24, 2.45) is 0 Å². The minimum Gasteiger partial charge on any atom is -0.203 e. The van der Waals surface area contributed by atoms with Crippen LogP contribution in [0.5, 0.6) is 0 Å². The molecule has 5 rings (SSSR count). The van der Waals surface area contributed by atoms with Crippen molar-refractivity contribution in [1.82, 2.24) is 0 Å². The van der Waals surface area contributed by atoms with Crippen LogP contribution in [-0.4, -0.2) is 0 Å². The average Bonchev–Trinajstić information content (AvgIpc) is 3.73. The van der Waals surface area contributed by atoms with Gasteiger partial charge in [-0.25, -0.2) is 35.1 Å². The minimum atomic E-state index is -1.82. The molecule has 0 saturated carbocycles. The van der Waals surface area contributed by atoms with Crippen molar-refractivity contribution in [1.29, 1.82) is 10.5 Å². The van der Waals surface area contributed by atoms with Crippen LogP contribution in [0, 0.1) is 69.2 Å². The van der Waals surface area contributed by atoms with E-state index in [0.29, 0.717) is 46.6 Å². The van der Waals surface area contributed by atoms with Crippen molar-refractivity contribution >= 4 is 22.7 Å². The first-order valence-electron chi connectivity index (χ1n) is 15.3. The van der Waals surface area contributed by atoms with Gasteiger partial charge in [-0.1, -0.05) is 65.2 Å². The van der Waals surface area contributed by atoms with Gasteiger partial charge in [0.1, 0.15) is 23.3 Å². The van der Waals surface area contributed by atoms with Gasteiger partial charge in [0, 0.05) is 24.9 Å². The van der Waals surface area contributed by atoms with E-state index in [0.717, 1.165) is 73.3 Å². The molecule has 0 radical (unpaired) electrons. The Balaban J connectivity index is 1.77. The Labute approximate surface area is 274 Å². The second kappa shape index (κ2) is 13.8. The Bertz CT molecular complexity index is 1750. The molecule has 4 aromatic rings. The topological polar surface area (TPSA) is 47.6 Å². The van der Waals surface area contributed by atoms with E-state index in [9.17, 15) is 17.6 Å². The van der Waals surface area contributed by atoms with Gasteiger partial charge in [0.2, 0.25) is 0 Å². The van der Waals surface area contributed by atoms with Crippen molar-refractivity contribution in [2.75, 3.05) is 0 Å². The minimum absolute atomic E-state index is 0.146. The zero-order valence-electron chi connectivity index (χ0n) is 25.5. The number of halogens is 8. The maximum Gasteiger partial charge on any atom is 0.180 e. The average molecular weight is 693 g/mol. The maximum atomic E-state index is 15.3. The number of fused-ring (bicyclic) bond motifs is 3. The molecule has 246 valence electrons. The van der Waals surface area contributed by atoms with Gasteiger partial charge in [-0.05, 0) is 36.1 Å². The fraction of sp³-hybridized carbons (Fsp3) is 0.371. The van der Waals surface area contributed by atoms with Crippen LogP contribution in [0.15, 0.2) is 12.1 Å². The molecular formula is C35H28F8N2S2. The Morgan fingerprint density at radius 1 is 0.532 bits per heavy atom. The summed E-state index contributed by atoms with van der Waals surface area (Å²) in [7, 11) is 0. The lowest BCUT2D eigenvalue weighted by molar-refractivity contribution is 0.402. The fourth-order valence-corrected chi connectivity index (χ4v) is 9.22. The standard InChI is InChI=1S/C35H28F8N2S2/c1-3-5-7-9-11-35(12-10-8-6-4-2)19-13-21(23-29(40)25(36)17(15-44)26(37)30(23)41)46-33(19)34-20(35)14-22(47-34)24-31(42)27(38)18(16-45)28(39)32(24)43/h13-14H,3-12H2,1-2H3. The van der Waals surface area contributed by atoms with E-state index >= 15 is 17.6 Å². The molecule has 0 N–H and O–H groups in total. The smallest absolute Gasteiger partial charge is 0.180 e. The third-order valence-corrected chi connectivity index (χ3v) is 11.3. The molecule has 2 aromatic heterocycles. The van der Waals surface area contributed by atoms with Gasteiger partial charge in [0.25, 0.3) is 0 Å². The Kier molecular flexibility index (Phi) is 10.1. The fourth-order valence-electron chi connectivity index (χ4n) is 6.48. The normalized spacial score (nSPS) is 13.0. The number of rotatable bonds is 12. The Hall–Kier alpha value is -3.74. The Morgan fingerprint density at radius 3 is 1.17 bits per heavy atom. The van der Waals surface area contributed by atoms with Crippen LogP contribution in [0.3, 0.4) is 0 Å². The number of unbranched alkanes of at least 4 members (excludes halogenated alkanes) is 6. The van der Waals surface area contributed by atoms with Crippen molar-refractivity contribution < 1.29 is 35.1 Å². The number of benzene rings is 2. The molecule has 0 atom stereocenters. The van der Waals surface area contributed by atoms with Crippen LogP contribution < -0.4 is 0 Å². The summed E-state index contributed by atoms with van der Waals surface area (Å²) >= 11 is 1.66. The summed E-state index contributed by atoms with van der Waals surface area (Å²) in [5.74, 6) is -14.2. The van der Waals surface area contributed by atoms with E-state index in [1.165, 1.54) is 12.1 Å². The molecule has 0 saturated heterocycles. The summed E-state index contributed by atoms with van der Waals surface area (Å²) in [6.45, 7) is 4.08. The maximum absolute atomic E-state index is 15.3. The van der Waals surface area contributed by atoms with E-state index in [1.54, 1.807) is 0 Å². The predicted molar refractivity (Wildman–Crippen MR) is 166 cm³/mol. The molecular weight excluding hydrogens is 665 g/mol. The lowest BCUT2D eigenvalue weighted by Crippen LogP contribution is -2.25. The third-order valence-electron chi connectivity index (χ3n) is 8.86. The Morgan fingerprint density at radius 2 is 0.872 bits per heavy atom. The highest BCUT2D eigenvalue weighted by Gasteiger charge is 2.46. The highest BCUT2D eigenvalue weighted by Crippen LogP contribution is 2.62. The molecule has 1 aliphatic carbocycles. The van der Waals surface area contributed by atoms with Gasteiger partial charge in [-0.15, -0.1) is 22.7 Å². The largest absolute Gasteiger partial charge is 0.203 e. The molecule has 2 nitrogen and oxygen atoms in total. The summed E-state index contributed by atoms with van der Waals surface area (Å²) < 4.78 is 120. The lowest BCUT2D eigenvalue weighted by Gasteiger charge is -2.31. The van der Waals surface area contributed by atoms with E-state index in [1.807, 2.05) is 13.8 Å². The first kappa shape index (κ1) is 34.6. The second-order valence-corrected chi connectivity index (χ2v) is 13.8. The number of nitriles is 2. The van der Waals surface area contributed by atoms with Gasteiger partial charge < -0.3 is 0 Å². The zero-order valence-corrected chi connectivity index (χ0v) is 27.1. The molecule has 0 unspecified atom stereocenters. The van der Waals surface area contributed by atoms with Crippen LogP contribution in [0.4, 0.5) is 35.1 Å². The van der Waals surface area contributed by atoms with Crippen molar-refractivity contribution in [3.05, 3.63) is 80.9 Å².